The van der Waals surface area contributed by atoms with Crippen molar-refractivity contribution in [2.75, 3.05) is 11.4 Å². The van der Waals surface area contributed by atoms with Crippen molar-refractivity contribution >= 4 is 15.7 Å². The number of aromatic amines is 1. The van der Waals surface area contributed by atoms with Gasteiger partial charge in [-0.3, -0.25) is 0 Å². The summed E-state index contributed by atoms with van der Waals surface area (Å²) in [6.07, 6.45) is 4.62. The third kappa shape index (κ3) is 4.77. The zero-order valence-electron chi connectivity index (χ0n) is 16.9. The van der Waals surface area contributed by atoms with Gasteiger partial charge in [0.15, 0.2) is 0 Å². The summed E-state index contributed by atoms with van der Waals surface area (Å²) in [7, 11) is -4.71. The number of imidazole rings is 1. The maximum Gasteiger partial charge on any atom is 0.350 e. The second-order valence-corrected chi connectivity index (χ2v) is 9.51. The van der Waals surface area contributed by atoms with E-state index in [9.17, 15) is 17.2 Å². The normalized spacial score (nSPS) is 17.5. The lowest BCUT2D eigenvalue weighted by Gasteiger charge is -2.34. The highest BCUT2D eigenvalue weighted by Gasteiger charge is 2.38. The average Bonchev–Trinajstić information content (AvgIpc) is 3.23. The monoisotopic (exact) mass is 446 g/mol. The minimum absolute atomic E-state index is 0.0116. The molecule has 6 nitrogen and oxygen atoms in total. The molecule has 1 aliphatic heterocycles. The molecule has 0 radical (unpaired) electrons. The zero-order valence-corrected chi connectivity index (χ0v) is 17.7. The number of H-pyrrole nitrogens is 1. The highest BCUT2D eigenvalue weighted by Crippen LogP contribution is 2.32. The molecule has 1 aromatic heterocycles. The van der Waals surface area contributed by atoms with Gasteiger partial charge >= 0.3 is 5.76 Å². The Labute approximate surface area is 180 Å². The largest absolute Gasteiger partial charge is 0.361 e. The Bertz CT molecular complexity index is 1090. The molecule has 2 heterocycles. The molecule has 0 saturated carbocycles. The quantitative estimate of drug-likeness (QED) is 0.600. The number of alkyl halides is 2. The molecule has 1 aliphatic rings. The average molecular weight is 447 g/mol. The number of hydrogen-bond acceptors (Lipinski definition) is 4. The lowest BCUT2D eigenvalue weighted by atomic mass is 10.0. The van der Waals surface area contributed by atoms with Crippen molar-refractivity contribution in [3.8, 4) is 0 Å². The number of halogens is 2. The predicted molar refractivity (Wildman–Crippen MR) is 115 cm³/mol. The van der Waals surface area contributed by atoms with E-state index in [0.717, 1.165) is 21.2 Å². The molecule has 4 rings (SSSR count). The summed E-state index contributed by atoms with van der Waals surface area (Å²) in [5, 5.41) is 0. The first-order valence-corrected chi connectivity index (χ1v) is 11.6. The summed E-state index contributed by atoms with van der Waals surface area (Å²) in [4.78, 5) is 9.26. The fourth-order valence-corrected chi connectivity index (χ4v) is 4.93. The Hall–Kier alpha value is -2.78. The lowest BCUT2D eigenvalue weighted by Crippen LogP contribution is -2.45. The predicted octanol–water partition coefficient (Wildman–Crippen LogP) is 3.79. The molecule has 0 bridgehead atoms. The van der Waals surface area contributed by atoms with Crippen LogP contribution in [0.3, 0.4) is 0 Å². The number of nitrogens with one attached hydrogen (secondary N) is 1. The molecule has 0 aliphatic carbocycles. The van der Waals surface area contributed by atoms with E-state index in [1.807, 2.05) is 42.5 Å². The van der Waals surface area contributed by atoms with Gasteiger partial charge in [-0.2, -0.15) is 13.1 Å². The zero-order chi connectivity index (χ0) is 21.8. The van der Waals surface area contributed by atoms with Crippen molar-refractivity contribution < 1.29 is 17.2 Å². The van der Waals surface area contributed by atoms with Gasteiger partial charge in [0.1, 0.15) is 0 Å². The first kappa shape index (κ1) is 21.5. The van der Waals surface area contributed by atoms with Crippen LogP contribution in [0.2, 0.25) is 0 Å². The molecule has 31 heavy (non-hydrogen) atoms. The number of para-hydroxylation sites is 1. The van der Waals surface area contributed by atoms with Gasteiger partial charge in [0, 0.05) is 31.0 Å². The molecule has 0 unspecified atom stereocenters. The molecule has 1 N–H and O–H groups in total. The summed E-state index contributed by atoms with van der Waals surface area (Å²) in [5.74, 6) is -3.45. The van der Waals surface area contributed by atoms with Crippen LogP contribution >= 0.6 is 0 Å². The summed E-state index contributed by atoms with van der Waals surface area (Å²) in [6, 6.07) is 17.0. The molecule has 2 aromatic carbocycles. The van der Waals surface area contributed by atoms with Crippen molar-refractivity contribution in [2.45, 2.75) is 37.7 Å². The van der Waals surface area contributed by atoms with Crippen molar-refractivity contribution in [2.24, 2.45) is 0 Å². The van der Waals surface area contributed by atoms with E-state index >= 15 is 0 Å². The van der Waals surface area contributed by atoms with Crippen molar-refractivity contribution in [3.63, 3.8) is 0 Å². The number of sulfonamides is 1. The Morgan fingerprint density at radius 2 is 1.84 bits per heavy atom. The van der Waals surface area contributed by atoms with E-state index < -0.39 is 15.8 Å². The fourth-order valence-electron chi connectivity index (χ4n) is 4.01. The number of rotatable bonds is 7. The second-order valence-electron chi connectivity index (χ2n) is 7.61. The van der Waals surface area contributed by atoms with E-state index in [4.69, 9.17) is 0 Å². The van der Waals surface area contributed by atoms with E-state index in [1.54, 1.807) is 24.7 Å². The van der Waals surface area contributed by atoms with Crippen molar-refractivity contribution in [1.29, 1.82) is 0 Å². The molecule has 0 fully saturated rings. The van der Waals surface area contributed by atoms with E-state index in [-0.39, 0.29) is 19.1 Å². The summed E-state index contributed by atoms with van der Waals surface area (Å²) in [5.41, 5.74) is 3.53. The van der Waals surface area contributed by atoms with Crippen LogP contribution in [-0.2, 0) is 29.5 Å². The topological polar surface area (TPSA) is 69.3 Å². The Kier molecular flexibility index (Phi) is 6.33. The summed E-state index contributed by atoms with van der Waals surface area (Å²) in [6.45, 7) is 0.380. The number of anilines is 1. The molecule has 1 atom stereocenters. The summed E-state index contributed by atoms with van der Waals surface area (Å²) >= 11 is 0. The first-order chi connectivity index (χ1) is 14.9. The SMILES string of the molecule is O=S(=O)(C(F)F)N1Cc2ccccc2N(Cc2cnc[nH]2)[C@@H](CCc2ccccc2)C1. The van der Waals surface area contributed by atoms with Gasteiger partial charge in [-0.25, -0.2) is 13.4 Å². The molecule has 9 heteroatoms. The number of aromatic nitrogens is 2. The maximum atomic E-state index is 13.4. The molecule has 164 valence electrons. The smallest absolute Gasteiger partial charge is 0.350 e. The number of hydrogen-bond donors (Lipinski definition) is 1. The van der Waals surface area contributed by atoms with Crippen LogP contribution in [0.1, 0.15) is 23.2 Å². The van der Waals surface area contributed by atoms with Gasteiger partial charge < -0.3 is 9.88 Å². The second kappa shape index (κ2) is 9.15. The van der Waals surface area contributed by atoms with Crippen LogP contribution in [0, 0.1) is 0 Å². The Morgan fingerprint density at radius 1 is 1.10 bits per heavy atom. The number of nitrogens with zero attached hydrogens (tertiary/aromatic N) is 3. The van der Waals surface area contributed by atoms with Crippen LogP contribution in [0.5, 0.6) is 0 Å². The van der Waals surface area contributed by atoms with Crippen LogP contribution in [-0.4, -0.2) is 41.0 Å². The minimum atomic E-state index is -4.71. The Morgan fingerprint density at radius 3 is 2.55 bits per heavy atom. The molecule has 0 saturated heterocycles. The van der Waals surface area contributed by atoms with Gasteiger partial charge in [0.05, 0.1) is 18.6 Å². The van der Waals surface area contributed by atoms with Crippen LogP contribution in [0.25, 0.3) is 0 Å². The van der Waals surface area contributed by atoms with Crippen LogP contribution < -0.4 is 4.90 Å². The fraction of sp³-hybridized carbons (Fsp3) is 0.318. The molecule has 3 aromatic rings. The van der Waals surface area contributed by atoms with Crippen molar-refractivity contribution in [1.82, 2.24) is 14.3 Å². The molecular weight excluding hydrogens is 422 g/mol. The van der Waals surface area contributed by atoms with E-state index in [0.29, 0.717) is 24.9 Å². The van der Waals surface area contributed by atoms with Crippen molar-refractivity contribution in [3.05, 3.63) is 83.9 Å². The van der Waals surface area contributed by atoms with E-state index in [1.165, 1.54) is 0 Å². The van der Waals surface area contributed by atoms with Gasteiger partial charge in [-0.15, -0.1) is 0 Å². The number of benzene rings is 2. The lowest BCUT2D eigenvalue weighted by molar-refractivity contribution is 0.216. The summed E-state index contributed by atoms with van der Waals surface area (Å²) < 4.78 is 52.7. The highest BCUT2D eigenvalue weighted by molar-refractivity contribution is 7.89. The van der Waals surface area contributed by atoms with Gasteiger partial charge in [0.25, 0.3) is 10.0 Å². The molecule has 0 amide bonds. The minimum Gasteiger partial charge on any atom is -0.361 e. The highest BCUT2D eigenvalue weighted by atomic mass is 32.2. The molecule has 0 spiro atoms. The van der Waals surface area contributed by atoms with Gasteiger partial charge in [-0.1, -0.05) is 48.5 Å². The van der Waals surface area contributed by atoms with Crippen LogP contribution in [0.15, 0.2) is 67.1 Å². The standard InChI is InChI=1S/C22H24F2N4O2S/c23-22(24)31(29,30)27-13-18-8-4-5-9-21(18)28(14-19-12-25-16-26-19)20(15-27)11-10-17-6-2-1-3-7-17/h1-9,12,16,20,22H,10-11,13-15H2,(H,25,26)/t20-/m0/s1. The third-order valence-corrected chi connectivity index (χ3v) is 7.04. The first-order valence-electron chi connectivity index (χ1n) is 10.1. The number of aryl methyl sites for hydroxylation is 1. The molecular formula is C22H24F2N4O2S. The van der Waals surface area contributed by atoms with Gasteiger partial charge in [0.2, 0.25) is 0 Å². The van der Waals surface area contributed by atoms with Crippen LogP contribution in [0.4, 0.5) is 14.5 Å². The Balaban J connectivity index is 1.72. The maximum absolute atomic E-state index is 13.4. The number of fused-ring (bicyclic) bond motifs is 1. The third-order valence-electron chi connectivity index (χ3n) is 5.59. The van der Waals surface area contributed by atoms with Gasteiger partial charge in [-0.05, 0) is 30.0 Å². The van der Waals surface area contributed by atoms with E-state index in [2.05, 4.69) is 14.9 Å².